The van der Waals surface area contributed by atoms with Crippen molar-refractivity contribution in [3.05, 3.63) is 89.7 Å². The lowest BCUT2D eigenvalue weighted by molar-refractivity contribution is -0.113. The molecule has 2 aromatic heterocycles. The molecule has 0 saturated carbocycles. The predicted molar refractivity (Wildman–Crippen MR) is 127 cm³/mol. The Morgan fingerprint density at radius 3 is 2.72 bits per heavy atom. The van der Waals surface area contributed by atoms with Crippen LogP contribution in [-0.4, -0.2) is 31.4 Å². The molecule has 1 amide bonds. The van der Waals surface area contributed by atoms with Crippen LogP contribution in [0.5, 0.6) is 0 Å². The van der Waals surface area contributed by atoms with Crippen molar-refractivity contribution in [2.24, 2.45) is 0 Å². The maximum atomic E-state index is 12.6. The van der Waals surface area contributed by atoms with E-state index in [9.17, 15) is 4.79 Å². The molecule has 4 aromatic rings. The standard InChI is InChI=1S/C25H23N5OS/c31-23(27-22-12-11-19-8-4-9-20(19)14-22)17-32-25-29-28-24(21-10-5-13-26-15-21)30(25)16-18-6-2-1-3-7-18/h1-3,5-7,10-15H,4,8-9,16-17H2,(H,27,31). The summed E-state index contributed by atoms with van der Waals surface area (Å²) in [5.74, 6) is 0.949. The lowest BCUT2D eigenvalue weighted by atomic mass is 10.1. The number of carbonyl (C=O) groups excluding carboxylic acids is 1. The number of rotatable bonds is 7. The summed E-state index contributed by atoms with van der Waals surface area (Å²) in [6.07, 6.45) is 6.93. The first kappa shape index (κ1) is 20.5. The van der Waals surface area contributed by atoms with Gasteiger partial charge in [-0.25, -0.2) is 0 Å². The Balaban J connectivity index is 1.32. The van der Waals surface area contributed by atoms with Gasteiger partial charge in [-0.3, -0.25) is 14.3 Å². The Kier molecular flexibility index (Phi) is 5.98. The SMILES string of the molecule is O=C(CSc1nnc(-c2cccnc2)n1Cc1ccccc1)Nc1ccc2c(c1)CCC2. The number of hydrogen-bond acceptors (Lipinski definition) is 5. The van der Waals surface area contributed by atoms with Crippen LogP contribution in [0.1, 0.15) is 23.1 Å². The van der Waals surface area contributed by atoms with Crippen molar-refractivity contribution in [3.8, 4) is 11.4 Å². The zero-order valence-electron chi connectivity index (χ0n) is 17.6. The van der Waals surface area contributed by atoms with Gasteiger partial charge in [0.2, 0.25) is 5.91 Å². The fourth-order valence-corrected chi connectivity index (χ4v) is 4.73. The van der Waals surface area contributed by atoms with Crippen LogP contribution < -0.4 is 5.32 Å². The van der Waals surface area contributed by atoms with E-state index in [1.807, 2.05) is 41.0 Å². The Morgan fingerprint density at radius 2 is 1.88 bits per heavy atom. The van der Waals surface area contributed by atoms with E-state index in [-0.39, 0.29) is 11.7 Å². The van der Waals surface area contributed by atoms with Gasteiger partial charge in [-0.05, 0) is 60.2 Å². The first-order valence-electron chi connectivity index (χ1n) is 10.7. The molecule has 1 aliphatic carbocycles. The molecule has 0 fully saturated rings. The highest BCUT2D eigenvalue weighted by molar-refractivity contribution is 7.99. The van der Waals surface area contributed by atoms with Crippen LogP contribution in [0.3, 0.4) is 0 Å². The molecule has 160 valence electrons. The predicted octanol–water partition coefficient (Wildman–Crippen LogP) is 4.61. The third-order valence-corrected chi connectivity index (χ3v) is 6.50. The molecule has 2 heterocycles. The fraction of sp³-hybridized carbons (Fsp3) is 0.200. The first-order valence-corrected chi connectivity index (χ1v) is 11.7. The van der Waals surface area contributed by atoms with Gasteiger partial charge >= 0.3 is 0 Å². The van der Waals surface area contributed by atoms with Gasteiger partial charge in [0.1, 0.15) is 0 Å². The second-order valence-corrected chi connectivity index (χ2v) is 8.74. The highest BCUT2D eigenvalue weighted by Gasteiger charge is 2.17. The van der Waals surface area contributed by atoms with Gasteiger partial charge in [-0.2, -0.15) is 0 Å². The van der Waals surface area contributed by atoms with E-state index in [2.05, 4.69) is 44.8 Å². The smallest absolute Gasteiger partial charge is 0.234 e. The quantitative estimate of drug-likeness (QED) is 0.424. The minimum atomic E-state index is -0.0508. The summed E-state index contributed by atoms with van der Waals surface area (Å²) in [7, 11) is 0. The minimum absolute atomic E-state index is 0.0508. The van der Waals surface area contributed by atoms with Gasteiger partial charge in [0.15, 0.2) is 11.0 Å². The van der Waals surface area contributed by atoms with E-state index in [0.29, 0.717) is 11.7 Å². The number of thioether (sulfide) groups is 1. The van der Waals surface area contributed by atoms with Crippen molar-refractivity contribution in [1.29, 1.82) is 0 Å². The highest BCUT2D eigenvalue weighted by atomic mass is 32.2. The molecule has 0 atom stereocenters. The second-order valence-electron chi connectivity index (χ2n) is 7.79. The Bertz CT molecular complexity index is 1220. The van der Waals surface area contributed by atoms with E-state index in [4.69, 9.17) is 0 Å². The number of anilines is 1. The summed E-state index contributed by atoms with van der Waals surface area (Å²) in [5.41, 5.74) is 5.64. The summed E-state index contributed by atoms with van der Waals surface area (Å²) in [6.45, 7) is 0.618. The molecule has 0 radical (unpaired) electrons. The summed E-state index contributed by atoms with van der Waals surface area (Å²) in [5, 5.41) is 12.5. The zero-order chi connectivity index (χ0) is 21.8. The average Bonchev–Trinajstić information content (AvgIpc) is 3.45. The van der Waals surface area contributed by atoms with Gasteiger partial charge in [-0.1, -0.05) is 48.2 Å². The molecule has 0 saturated heterocycles. The molecule has 0 bridgehead atoms. The highest BCUT2D eigenvalue weighted by Crippen LogP contribution is 2.27. The number of nitrogens with zero attached hydrogens (tertiary/aromatic N) is 4. The number of fused-ring (bicyclic) bond motifs is 1. The Morgan fingerprint density at radius 1 is 1.00 bits per heavy atom. The van der Waals surface area contributed by atoms with Gasteiger partial charge in [0, 0.05) is 23.6 Å². The molecule has 6 nitrogen and oxygen atoms in total. The Labute approximate surface area is 191 Å². The summed E-state index contributed by atoms with van der Waals surface area (Å²) in [6, 6.07) is 20.2. The van der Waals surface area contributed by atoms with Crippen LogP contribution in [0.25, 0.3) is 11.4 Å². The van der Waals surface area contributed by atoms with Crippen LogP contribution in [-0.2, 0) is 24.2 Å². The molecule has 0 aliphatic heterocycles. The van der Waals surface area contributed by atoms with E-state index < -0.39 is 0 Å². The Hall–Kier alpha value is -3.45. The molecule has 2 aromatic carbocycles. The van der Waals surface area contributed by atoms with Crippen molar-refractivity contribution in [2.75, 3.05) is 11.1 Å². The first-order chi connectivity index (χ1) is 15.8. The molecule has 0 unspecified atom stereocenters. The van der Waals surface area contributed by atoms with Crippen molar-refractivity contribution in [3.63, 3.8) is 0 Å². The maximum absolute atomic E-state index is 12.6. The van der Waals surface area contributed by atoms with Gasteiger partial charge in [0.25, 0.3) is 0 Å². The van der Waals surface area contributed by atoms with Gasteiger partial charge in [0.05, 0.1) is 12.3 Å². The lowest BCUT2D eigenvalue weighted by Gasteiger charge is -2.11. The van der Waals surface area contributed by atoms with Crippen LogP contribution in [0.2, 0.25) is 0 Å². The van der Waals surface area contributed by atoms with Crippen molar-refractivity contribution in [1.82, 2.24) is 19.7 Å². The number of pyridine rings is 1. The number of aromatic nitrogens is 4. The van der Waals surface area contributed by atoms with Crippen molar-refractivity contribution >= 4 is 23.4 Å². The zero-order valence-corrected chi connectivity index (χ0v) is 18.4. The van der Waals surface area contributed by atoms with Crippen LogP contribution in [0.15, 0.2) is 78.2 Å². The maximum Gasteiger partial charge on any atom is 0.234 e. The fourth-order valence-electron chi connectivity index (χ4n) is 3.99. The van der Waals surface area contributed by atoms with E-state index in [1.165, 1.54) is 29.3 Å². The van der Waals surface area contributed by atoms with Crippen LogP contribution in [0, 0.1) is 0 Å². The number of carbonyl (C=O) groups is 1. The number of aryl methyl sites for hydroxylation is 2. The average molecular weight is 442 g/mol. The summed E-state index contributed by atoms with van der Waals surface area (Å²) in [4.78, 5) is 16.8. The minimum Gasteiger partial charge on any atom is -0.325 e. The van der Waals surface area contributed by atoms with E-state index in [1.54, 1.807) is 12.4 Å². The van der Waals surface area contributed by atoms with Gasteiger partial charge < -0.3 is 5.32 Å². The van der Waals surface area contributed by atoms with Gasteiger partial charge in [-0.15, -0.1) is 10.2 Å². The van der Waals surface area contributed by atoms with E-state index in [0.717, 1.165) is 35.5 Å². The number of nitrogens with one attached hydrogen (secondary N) is 1. The van der Waals surface area contributed by atoms with E-state index >= 15 is 0 Å². The molecule has 7 heteroatoms. The molecule has 5 rings (SSSR count). The van der Waals surface area contributed by atoms with Crippen LogP contribution >= 0.6 is 11.8 Å². The van der Waals surface area contributed by atoms with Crippen LogP contribution in [0.4, 0.5) is 5.69 Å². The number of hydrogen-bond donors (Lipinski definition) is 1. The number of amides is 1. The second kappa shape index (κ2) is 9.36. The molecular weight excluding hydrogens is 418 g/mol. The summed E-state index contributed by atoms with van der Waals surface area (Å²) >= 11 is 1.39. The topological polar surface area (TPSA) is 72.7 Å². The third-order valence-electron chi connectivity index (χ3n) is 5.53. The number of benzene rings is 2. The normalized spacial score (nSPS) is 12.5. The monoisotopic (exact) mass is 441 g/mol. The molecule has 1 N–H and O–H groups in total. The lowest BCUT2D eigenvalue weighted by Crippen LogP contribution is -2.15. The molecule has 32 heavy (non-hydrogen) atoms. The largest absolute Gasteiger partial charge is 0.325 e. The third kappa shape index (κ3) is 4.57. The molecular formula is C25H23N5OS. The molecule has 0 spiro atoms. The molecule has 1 aliphatic rings. The van der Waals surface area contributed by atoms with Crippen molar-refractivity contribution in [2.45, 2.75) is 31.0 Å². The van der Waals surface area contributed by atoms with Crippen molar-refractivity contribution < 1.29 is 4.79 Å². The summed E-state index contributed by atoms with van der Waals surface area (Å²) < 4.78 is 2.04.